The number of aryl methyl sites for hydroxylation is 1. The number of anilines is 2. The van der Waals surface area contributed by atoms with E-state index in [4.69, 9.17) is 0 Å². The van der Waals surface area contributed by atoms with Gasteiger partial charge in [-0.3, -0.25) is 4.79 Å². The second-order valence-electron chi connectivity index (χ2n) is 5.37. The molecule has 1 aromatic carbocycles. The Balaban J connectivity index is 2.09. The maximum Gasteiger partial charge on any atom is 0.183 e. The predicted octanol–water partition coefficient (Wildman–Crippen LogP) is 3.44. The van der Waals surface area contributed by atoms with Crippen molar-refractivity contribution in [1.29, 1.82) is 0 Å². The predicted molar refractivity (Wildman–Crippen MR) is 88.7 cm³/mol. The lowest BCUT2D eigenvalue weighted by Crippen LogP contribution is -2.24. The molecule has 0 saturated carbocycles. The first-order chi connectivity index (χ1) is 10.1. The van der Waals surface area contributed by atoms with Gasteiger partial charge in [-0.1, -0.05) is 17.4 Å². The molecule has 4 nitrogen and oxygen atoms in total. The molecule has 2 heterocycles. The van der Waals surface area contributed by atoms with Crippen LogP contribution < -0.4 is 10.2 Å². The number of nitrogens with one attached hydrogen (secondary N) is 1. The van der Waals surface area contributed by atoms with Gasteiger partial charge in [0.15, 0.2) is 10.9 Å². The Morgan fingerprint density at radius 3 is 2.95 bits per heavy atom. The molecule has 3 rings (SSSR count). The summed E-state index contributed by atoms with van der Waals surface area (Å²) in [6.07, 6.45) is 2.26. The molecule has 0 spiro atoms. The number of carbonyl (C=O) groups excluding carboxylic acids is 1. The number of thiazole rings is 1. The molecule has 0 aliphatic carbocycles. The molecule has 2 aromatic rings. The van der Waals surface area contributed by atoms with Crippen molar-refractivity contribution in [2.75, 3.05) is 30.9 Å². The molecular formula is C16H19N3OS. The number of hydrogen-bond acceptors (Lipinski definition) is 5. The first kappa shape index (κ1) is 14.1. The van der Waals surface area contributed by atoms with Crippen molar-refractivity contribution in [3.63, 3.8) is 0 Å². The van der Waals surface area contributed by atoms with Gasteiger partial charge in [-0.2, -0.15) is 0 Å². The van der Waals surface area contributed by atoms with E-state index in [1.807, 2.05) is 7.05 Å². The van der Waals surface area contributed by atoms with E-state index < -0.39 is 0 Å². The van der Waals surface area contributed by atoms with Crippen LogP contribution in [-0.4, -0.2) is 31.4 Å². The van der Waals surface area contributed by atoms with Gasteiger partial charge < -0.3 is 10.2 Å². The Morgan fingerprint density at radius 1 is 1.43 bits per heavy atom. The van der Waals surface area contributed by atoms with Crippen molar-refractivity contribution in [3.05, 3.63) is 28.6 Å². The molecule has 0 radical (unpaired) electrons. The Hall–Kier alpha value is -1.88. The lowest BCUT2D eigenvalue weighted by Gasteiger charge is -2.27. The number of carbonyl (C=O) groups is 1. The standard InChI is InChI=1S/C16H19N3OS/c1-10(20)15-14(18-16(17-2)21-15)12-6-7-13-11(9-12)5-4-8-19(13)3/h6-7,9H,4-5,8H2,1-3H3,(H,17,18). The average Bonchev–Trinajstić information content (AvgIpc) is 2.92. The van der Waals surface area contributed by atoms with Gasteiger partial charge in [0, 0.05) is 38.8 Å². The molecule has 0 unspecified atom stereocenters. The minimum atomic E-state index is 0.0684. The maximum absolute atomic E-state index is 11.8. The molecule has 1 aliphatic heterocycles. The fourth-order valence-corrected chi connectivity index (χ4v) is 3.63. The highest BCUT2D eigenvalue weighted by atomic mass is 32.1. The summed E-state index contributed by atoms with van der Waals surface area (Å²) in [5.41, 5.74) is 4.47. The Bertz CT molecular complexity index is 693. The van der Waals surface area contributed by atoms with Crippen molar-refractivity contribution in [1.82, 2.24) is 4.98 Å². The number of aromatic nitrogens is 1. The summed E-state index contributed by atoms with van der Waals surface area (Å²) >= 11 is 1.42. The minimum absolute atomic E-state index is 0.0684. The Kier molecular flexibility index (Phi) is 3.68. The van der Waals surface area contributed by atoms with Gasteiger partial charge in [-0.25, -0.2) is 4.98 Å². The number of nitrogens with zero attached hydrogens (tertiary/aromatic N) is 2. The zero-order valence-corrected chi connectivity index (χ0v) is 13.4. The van der Waals surface area contributed by atoms with Gasteiger partial charge in [-0.15, -0.1) is 0 Å². The van der Waals surface area contributed by atoms with Crippen LogP contribution in [0.5, 0.6) is 0 Å². The molecule has 21 heavy (non-hydrogen) atoms. The van der Waals surface area contributed by atoms with Gasteiger partial charge in [0.05, 0.1) is 10.6 Å². The van der Waals surface area contributed by atoms with Crippen LogP contribution in [0.25, 0.3) is 11.3 Å². The highest BCUT2D eigenvalue weighted by Gasteiger charge is 2.19. The van der Waals surface area contributed by atoms with E-state index in [2.05, 4.69) is 40.4 Å². The average molecular weight is 301 g/mol. The monoisotopic (exact) mass is 301 g/mol. The van der Waals surface area contributed by atoms with Gasteiger partial charge >= 0.3 is 0 Å². The van der Waals surface area contributed by atoms with Gasteiger partial charge in [0.25, 0.3) is 0 Å². The number of Topliss-reactive ketones (excluding diaryl/α,β-unsaturated/α-hetero) is 1. The third-order valence-corrected chi connectivity index (χ3v) is 5.04. The molecule has 0 bridgehead atoms. The molecule has 1 aromatic heterocycles. The minimum Gasteiger partial charge on any atom is -0.374 e. The summed E-state index contributed by atoms with van der Waals surface area (Å²) in [5.74, 6) is 0.0684. The first-order valence-electron chi connectivity index (χ1n) is 7.14. The summed E-state index contributed by atoms with van der Waals surface area (Å²) in [6, 6.07) is 6.40. The van der Waals surface area contributed by atoms with Crippen molar-refractivity contribution in [3.8, 4) is 11.3 Å². The van der Waals surface area contributed by atoms with Gasteiger partial charge in [0.1, 0.15) is 0 Å². The SMILES string of the molecule is CNc1nc(-c2ccc3c(c2)CCCN3C)c(C(C)=O)s1. The molecule has 0 amide bonds. The zero-order valence-electron chi connectivity index (χ0n) is 12.6. The fraction of sp³-hybridized carbons (Fsp3) is 0.375. The fourth-order valence-electron chi connectivity index (χ4n) is 2.79. The lowest BCUT2D eigenvalue weighted by molar-refractivity contribution is 0.102. The third kappa shape index (κ3) is 2.53. The second kappa shape index (κ2) is 5.48. The van der Waals surface area contributed by atoms with Crippen molar-refractivity contribution in [2.24, 2.45) is 0 Å². The smallest absolute Gasteiger partial charge is 0.183 e. The van der Waals surface area contributed by atoms with Gasteiger partial charge in [0.2, 0.25) is 0 Å². The second-order valence-corrected chi connectivity index (χ2v) is 6.37. The molecular weight excluding hydrogens is 282 g/mol. The van der Waals surface area contributed by atoms with E-state index >= 15 is 0 Å². The molecule has 0 fully saturated rings. The van der Waals surface area contributed by atoms with Crippen LogP contribution in [-0.2, 0) is 6.42 Å². The molecule has 1 N–H and O–H groups in total. The van der Waals surface area contributed by atoms with Gasteiger partial charge in [-0.05, 0) is 30.5 Å². The molecule has 0 saturated heterocycles. The van der Waals surface area contributed by atoms with Crippen LogP contribution in [0.4, 0.5) is 10.8 Å². The summed E-state index contributed by atoms with van der Waals surface area (Å²) in [4.78, 5) is 19.4. The number of fused-ring (bicyclic) bond motifs is 1. The maximum atomic E-state index is 11.8. The number of hydrogen-bond donors (Lipinski definition) is 1. The summed E-state index contributed by atoms with van der Waals surface area (Å²) in [6.45, 7) is 2.70. The molecule has 110 valence electrons. The van der Waals surface area contributed by atoms with Crippen LogP contribution in [0.15, 0.2) is 18.2 Å². The van der Waals surface area contributed by atoms with Crippen molar-refractivity contribution >= 4 is 27.9 Å². The molecule has 5 heteroatoms. The molecule has 1 aliphatic rings. The highest BCUT2D eigenvalue weighted by molar-refractivity contribution is 7.18. The number of benzene rings is 1. The summed E-state index contributed by atoms with van der Waals surface area (Å²) in [5, 5.41) is 3.81. The van der Waals surface area contributed by atoms with E-state index in [1.165, 1.54) is 29.0 Å². The summed E-state index contributed by atoms with van der Waals surface area (Å²) in [7, 11) is 3.95. The van der Waals surface area contributed by atoms with E-state index in [0.717, 1.165) is 34.2 Å². The normalized spacial score (nSPS) is 14.0. The van der Waals surface area contributed by atoms with Crippen LogP contribution >= 0.6 is 11.3 Å². The van der Waals surface area contributed by atoms with E-state index in [9.17, 15) is 4.79 Å². The van der Waals surface area contributed by atoms with Crippen LogP contribution in [0.1, 0.15) is 28.6 Å². The Labute approximate surface area is 128 Å². The van der Waals surface area contributed by atoms with E-state index in [-0.39, 0.29) is 5.78 Å². The van der Waals surface area contributed by atoms with Crippen molar-refractivity contribution in [2.45, 2.75) is 19.8 Å². The zero-order chi connectivity index (χ0) is 15.0. The molecule has 0 atom stereocenters. The Morgan fingerprint density at radius 2 is 2.24 bits per heavy atom. The lowest BCUT2D eigenvalue weighted by atomic mass is 9.98. The summed E-state index contributed by atoms with van der Waals surface area (Å²) < 4.78 is 0. The topological polar surface area (TPSA) is 45.2 Å². The van der Waals surface area contributed by atoms with Crippen molar-refractivity contribution < 1.29 is 4.79 Å². The number of ketones is 1. The quantitative estimate of drug-likeness (QED) is 0.882. The largest absolute Gasteiger partial charge is 0.374 e. The third-order valence-electron chi connectivity index (χ3n) is 3.86. The highest BCUT2D eigenvalue weighted by Crippen LogP contribution is 2.35. The number of rotatable bonds is 3. The van der Waals surface area contributed by atoms with E-state index in [1.54, 1.807) is 6.92 Å². The van der Waals surface area contributed by atoms with Crippen LogP contribution in [0.3, 0.4) is 0 Å². The van der Waals surface area contributed by atoms with E-state index in [0.29, 0.717) is 0 Å². The van der Waals surface area contributed by atoms with Crippen LogP contribution in [0, 0.1) is 0 Å². The van der Waals surface area contributed by atoms with Crippen LogP contribution in [0.2, 0.25) is 0 Å². The first-order valence-corrected chi connectivity index (χ1v) is 7.95.